The van der Waals surface area contributed by atoms with E-state index in [-0.39, 0.29) is 5.41 Å². The number of H-pyrrole nitrogens is 1. The fourth-order valence-corrected chi connectivity index (χ4v) is 5.13. The summed E-state index contributed by atoms with van der Waals surface area (Å²) in [6, 6.07) is 0. The molecule has 0 radical (unpaired) electrons. The Kier molecular flexibility index (Phi) is 2.47. The molecule has 19 heavy (non-hydrogen) atoms. The van der Waals surface area contributed by atoms with Crippen molar-refractivity contribution in [2.75, 3.05) is 0 Å². The first-order chi connectivity index (χ1) is 9.23. The quantitative estimate of drug-likeness (QED) is 0.874. The summed E-state index contributed by atoms with van der Waals surface area (Å²) in [5.41, 5.74) is 0.951. The average molecular weight is 259 g/mol. The molecule has 4 fully saturated rings. The van der Waals surface area contributed by atoms with Gasteiger partial charge in [0.2, 0.25) is 5.91 Å². The number of hydrogen-bond acceptors (Lipinski definition) is 2. The highest BCUT2D eigenvalue weighted by Crippen LogP contribution is 2.60. The van der Waals surface area contributed by atoms with E-state index in [1.807, 2.05) is 0 Å². The first-order valence-corrected chi connectivity index (χ1v) is 7.49. The van der Waals surface area contributed by atoms with Gasteiger partial charge in [0.25, 0.3) is 0 Å². The number of aromatic nitrogens is 2. The Hall–Kier alpha value is -1.32. The molecule has 4 heteroatoms. The fraction of sp³-hybridized carbons (Fsp3) is 0.733. The predicted molar refractivity (Wildman–Crippen MR) is 71.0 cm³/mol. The smallest absolute Gasteiger partial charge is 0.226 e. The van der Waals surface area contributed by atoms with Crippen LogP contribution in [0.3, 0.4) is 0 Å². The van der Waals surface area contributed by atoms with Crippen molar-refractivity contribution in [2.45, 2.75) is 45.1 Å². The maximum Gasteiger partial charge on any atom is 0.226 e. The van der Waals surface area contributed by atoms with Crippen LogP contribution < -0.4 is 5.32 Å². The van der Waals surface area contributed by atoms with E-state index < -0.39 is 0 Å². The third kappa shape index (κ3) is 1.88. The number of imidazole rings is 1. The molecular weight excluding hydrogens is 238 g/mol. The molecule has 0 saturated heterocycles. The van der Waals surface area contributed by atoms with Crippen molar-refractivity contribution >= 4 is 5.91 Å². The number of nitrogens with zero attached hydrogens (tertiary/aromatic N) is 1. The van der Waals surface area contributed by atoms with Gasteiger partial charge < -0.3 is 10.3 Å². The molecule has 5 rings (SSSR count). The van der Waals surface area contributed by atoms with Gasteiger partial charge in [0, 0.05) is 11.6 Å². The number of carbonyl (C=O) groups excluding carboxylic acids is 1. The number of rotatable bonds is 3. The van der Waals surface area contributed by atoms with Gasteiger partial charge in [0.05, 0.1) is 18.6 Å². The Morgan fingerprint density at radius 1 is 1.26 bits per heavy atom. The monoisotopic (exact) mass is 259 g/mol. The molecule has 0 spiro atoms. The summed E-state index contributed by atoms with van der Waals surface area (Å²) < 4.78 is 0. The standard InChI is InChI=1S/C15H21N3O/c19-14(17-8-13-7-16-9-18-13)15-4-10-1-11(5-15)3-12(2-10)6-15/h7,9-12H,1-6,8H2,(H,16,18)(H,17,19). The fourth-order valence-electron chi connectivity index (χ4n) is 5.13. The molecule has 0 unspecified atom stereocenters. The normalized spacial score (nSPS) is 39.5. The Balaban J connectivity index is 1.47. The first kappa shape index (κ1) is 11.5. The topological polar surface area (TPSA) is 57.8 Å². The molecule has 0 aromatic carbocycles. The largest absolute Gasteiger partial charge is 0.350 e. The minimum Gasteiger partial charge on any atom is -0.350 e. The van der Waals surface area contributed by atoms with E-state index >= 15 is 0 Å². The van der Waals surface area contributed by atoms with Crippen LogP contribution >= 0.6 is 0 Å². The molecule has 4 aliphatic rings. The van der Waals surface area contributed by atoms with Gasteiger partial charge in [-0.1, -0.05) is 0 Å². The van der Waals surface area contributed by atoms with Crippen molar-refractivity contribution in [3.8, 4) is 0 Å². The van der Waals surface area contributed by atoms with E-state index in [4.69, 9.17) is 0 Å². The van der Waals surface area contributed by atoms with Gasteiger partial charge >= 0.3 is 0 Å². The number of aromatic amines is 1. The molecule has 4 saturated carbocycles. The zero-order valence-electron chi connectivity index (χ0n) is 11.2. The molecule has 1 aromatic heterocycles. The van der Waals surface area contributed by atoms with Crippen LogP contribution in [0.4, 0.5) is 0 Å². The van der Waals surface area contributed by atoms with Gasteiger partial charge in [0.1, 0.15) is 0 Å². The van der Waals surface area contributed by atoms with Crippen LogP contribution in [0.2, 0.25) is 0 Å². The zero-order valence-corrected chi connectivity index (χ0v) is 11.2. The highest BCUT2D eigenvalue weighted by atomic mass is 16.2. The summed E-state index contributed by atoms with van der Waals surface area (Å²) in [4.78, 5) is 19.7. The van der Waals surface area contributed by atoms with E-state index in [2.05, 4.69) is 15.3 Å². The van der Waals surface area contributed by atoms with Crippen LogP contribution in [0.5, 0.6) is 0 Å². The average Bonchev–Trinajstić information content (AvgIpc) is 2.87. The van der Waals surface area contributed by atoms with Gasteiger partial charge in [-0.2, -0.15) is 0 Å². The lowest BCUT2D eigenvalue weighted by Gasteiger charge is -2.55. The van der Waals surface area contributed by atoms with Gasteiger partial charge in [-0.15, -0.1) is 0 Å². The Bertz CT molecular complexity index is 444. The molecule has 4 bridgehead atoms. The molecule has 1 aromatic rings. The summed E-state index contributed by atoms with van der Waals surface area (Å²) >= 11 is 0. The maximum atomic E-state index is 12.6. The van der Waals surface area contributed by atoms with Gasteiger partial charge in [0.15, 0.2) is 0 Å². The second kappa shape index (κ2) is 4.09. The number of carbonyl (C=O) groups is 1. The highest BCUT2D eigenvalue weighted by Gasteiger charge is 2.54. The van der Waals surface area contributed by atoms with E-state index in [0.29, 0.717) is 12.5 Å². The van der Waals surface area contributed by atoms with E-state index in [1.165, 1.54) is 19.3 Å². The van der Waals surface area contributed by atoms with E-state index in [9.17, 15) is 4.79 Å². The molecule has 4 aliphatic carbocycles. The Labute approximate surface area is 113 Å². The van der Waals surface area contributed by atoms with Crippen molar-refractivity contribution in [1.82, 2.24) is 15.3 Å². The summed E-state index contributed by atoms with van der Waals surface area (Å²) in [6.07, 6.45) is 11.0. The number of nitrogens with one attached hydrogen (secondary N) is 2. The van der Waals surface area contributed by atoms with Crippen molar-refractivity contribution in [3.63, 3.8) is 0 Å². The van der Waals surface area contributed by atoms with Crippen LogP contribution in [0.15, 0.2) is 12.5 Å². The Morgan fingerprint density at radius 3 is 2.42 bits per heavy atom. The SMILES string of the molecule is O=C(NCc1cnc[nH]1)C12CC3CC(CC(C3)C1)C2. The second-order valence-corrected chi connectivity index (χ2v) is 6.96. The minimum absolute atomic E-state index is 0.0330. The Morgan fingerprint density at radius 2 is 1.89 bits per heavy atom. The minimum atomic E-state index is -0.0330. The van der Waals surface area contributed by atoms with Gasteiger partial charge in [-0.3, -0.25) is 4.79 Å². The summed E-state index contributed by atoms with van der Waals surface area (Å²) in [5, 5.41) is 3.13. The zero-order chi connectivity index (χ0) is 12.9. The van der Waals surface area contributed by atoms with E-state index in [1.54, 1.807) is 12.5 Å². The van der Waals surface area contributed by atoms with Gasteiger partial charge in [-0.05, 0) is 56.3 Å². The van der Waals surface area contributed by atoms with Crippen LogP contribution in [-0.2, 0) is 11.3 Å². The van der Waals surface area contributed by atoms with Crippen LogP contribution in [0.25, 0.3) is 0 Å². The molecular formula is C15H21N3O. The van der Waals surface area contributed by atoms with Crippen molar-refractivity contribution in [1.29, 1.82) is 0 Å². The summed E-state index contributed by atoms with van der Waals surface area (Å²) in [6.45, 7) is 0.584. The van der Waals surface area contributed by atoms with E-state index in [0.717, 1.165) is 42.7 Å². The maximum absolute atomic E-state index is 12.6. The molecule has 1 amide bonds. The van der Waals surface area contributed by atoms with Crippen molar-refractivity contribution in [2.24, 2.45) is 23.2 Å². The third-order valence-corrected chi connectivity index (χ3v) is 5.51. The lowest BCUT2D eigenvalue weighted by atomic mass is 9.49. The summed E-state index contributed by atoms with van der Waals surface area (Å²) in [5.74, 6) is 2.76. The molecule has 2 N–H and O–H groups in total. The third-order valence-electron chi connectivity index (χ3n) is 5.51. The van der Waals surface area contributed by atoms with Gasteiger partial charge in [-0.25, -0.2) is 4.98 Å². The molecule has 4 nitrogen and oxygen atoms in total. The van der Waals surface area contributed by atoms with Crippen LogP contribution in [0.1, 0.15) is 44.2 Å². The molecule has 102 valence electrons. The number of hydrogen-bond donors (Lipinski definition) is 2. The van der Waals surface area contributed by atoms with Crippen molar-refractivity contribution in [3.05, 3.63) is 18.2 Å². The number of amides is 1. The van der Waals surface area contributed by atoms with Crippen LogP contribution in [-0.4, -0.2) is 15.9 Å². The summed E-state index contributed by atoms with van der Waals surface area (Å²) in [7, 11) is 0. The molecule has 0 atom stereocenters. The molecule has 1 heterocycles. The molecule has 0 aliphatic heterocycles. The second-order valence-electron chi connectivity index (χ2n) is 6.96. The predicted octanol–water partition coefficient (Wildman–Crippen LogP) is 2.24. The van der Waals surface area contributed by atoms with Crippen LogP contribution in [0, 0.1) is 23.2 Å². The van der Waals surface area contributed by atoms with Crippen molar-refractivity contribution < 1.29 is 4.79 Å². The lowest BCUT2D eigenvalue weighted by Crippen LogP contribution is -2.53. The lowest BCUT2D eigenvalue weighted by molar-refractivity contribution is -0.146. The first-order valence-electron chi connectivity index (χ1n) is 7.49. The highest BCUT2D eigenvalue weighted by molar-refractivity contribution is 5.83.